The lowest BCUT2D eigenvalue weighted by Crippen LogP contribution is -2.27. The molecule has 1 aliphatic carbocycles. The van der Waals surface area contributed by atoms with Crippen LogP contribution >= 0.6 is 23.5 Å². The van der Waals surface area contributed by atoms with E-state index >= 15 is 0 Å². The SMILES string of the molecule is CC1=CC=C(C2=C=CC=C(C3=CC[C@@H](C)S3)N2c2ccc(NC3=CCC(C(C)(C)C)C=C3)cc2)[C@H](C)S1. The van der Waals surface area contributed by atoms with Crippen molar-refractivity contribution in [2.45, 2.75) is 64.9 Å². The van der Waals surface area contributed by atoms with Crippen LogP contribution in [0, 0.1) is 11.3 Å². The largest absolute Gasteiger partial charge is 0.356 e. The molecular formula is C33H38N2S2. The lowest BCUT2D eigenvalue weighted by molar-refractivity contribution is 0.293. The second-order valence-corrected chi connectivity index (χ2v) is 14.4. The fraction of sp³-hybridized carbons (Fsp3) is 0.364. The van der Waals surface area contributed by atoms with Gasteiger partial charge < -0.3 is 10.2 Å². The van der Waals surface area contributed by atoms with Crippen molar-refractivity contribution in [2.75, 3.05) is 10.2 Å². The summed E-state index contributed by atoms with van der Waals surface area (Å²) in [6.45, 7) is 13.7. The number of hydrogen-bond acceptors (Lipinski definition) is 4. The van der Waals surface area contributed by atoms with Gasteiger partial charge >= 0.3 is 0 Å². The molecule has 192 valence electrons. The molecule has 1 aromatic carbocycles. The third-order valence-corrected chi connectivity index (χ3v) is 9.68. The van der Waals surface area contributed by atoms with E-state index in [0.717, 1.165) is 24.2 Å². The summed E-state index contributed by atoms with van der Waals surface area (Å²) in [6, 6.07) is 8.87. The number of rotatable bonds is 5. The predicted octanol–water partition coefficient (Wildman–Crippen LogP) is 9.72. The third-order valence-electron chi connectivity index (χ3n) is 7.34. The van der Waals surface area contributed by atoms with Gasteiger partial charge in [0.2, 0.25) is 0 Å². The Bertz CT molecular complexity index is 1300. The summed E-state index contributed by atoms with van der Waals surface area (Å²) in [6.07, 6.45) is 20.3. The summed E-state index contributed by atoms with van der Waals surface area (Å²) >= 11 is 3.90. The second-order valence-electron chi connectivity index (χ2n) is 11.3. The number of benzene rings is 1. The van der Waals surface area contributed by atoms with E-state index in [0.29, 0.717) is 21.8 Å². The summed E-state index contributed by atoms with van der Waals surface area (Å²) in [5.74, 6) is 0.585. The van der Waals surface area contributed by atoms with Gasteiger partial charge in [0.05, 0.1) is 11.4 Å². The highest BCUT2D eigenvalue weighted by atomic mass is 32.2. The molecule has 4 aliphatic rings. The summed E-state index contributed by atoms with van der Waals surface area (Å²) in [5, 5.41) is 4.62. The average molecular weight is 527 g/mol. The van der Waals surface area contributed by atoms with E-state index in [2.05, 4.69) is 130 Å². The highest BCUT2D eigenvalue weighted by Crippen LogP contribution is 2.45. The van der Waals surface area contributed by atoms with Gasteiger partial charge in [-0.2, -0.15) is 0 Å². The molecule has 0 radical (unpaired) electrons. The number of nitrogens with zero attached hydrogens (tertiary/aromatic N) is 1. The minimum Gasteiger partial charge on any atom is -0.356 e. The van der Waals surface area contributed by atoms with Crippen molar-refractivity contribution in [1.29, 1.82) is 0 Å². The van der Waals surface area contributed by atoms with Gasteiger partial charge in [-0.05, 0) is 91.0 Å². The standard InChI is InChI=1S/C33H38N2S2/c1-22-10-20-29(24(3)36-22)30-8-7-9-31(32-21-11-23(2)37-32)35(30)28-18-16-27(17-19-28)34-26-14-12-25(13-15-26)33(4,5)6/h7,9-10,12,14-21,23-25,34H,11,13H2,1-6H3/t23-,24+,25?/m1/s1. The summed E-state index contributed by atoms with van der Waals surface area (Å²) in [7, 11) is 0. The van der Waals surface area contributed by atoms with E-state index in [1.54, 1.807) is 0 Å². The maximum Gasteiger partial charge on any atom is 0.0934 e. The molecular weight excluding hydrogens is 489 g/mol. The van der Waals surface area contributed by atoms with Crippen molar-refractivity contribution in [1.82, 2.24) is 0 Å². The number of allylic oxidation sites excluding steroid dienone is 9. The molecule has 3 aliphatic heterocycles. The van der Waals surface area contributed by atoms with Crippen molar-refractivity contribution in [2.24, 2.45) is 11.3 Å². The second kappa shape index (κ2) is 10.7. The molecule has 3 atom stereocenters. The van der Waals surface area contributed by atoms with Gasteiger partial charge in [-0.1, -0.05) is 63.8 Å². The van der Waals surface area contributed by atoms with E-state index in [4.69, 9.17) is 0 Å². The van der Waals surface area contributed by atoms with Gasteiger partial charge in [0.15, 0.2) is 0 Å². The van der Waals surface area contributed by atoms with Crippen LogP contribution < -0.4 is 10.2 Å². The van der Waals surface area contributed by atoms with Crippen LogP contribution in [0.5, 0.6) is 0 Å². The minimum absolute atomic E-state index is 0.294. The molecule has 0 spiro atoms. The van der Waals surface area contributed by atoms with Crippen molar-refractivity contribution in [3.63, 3.8) is 0 Å². The molecule has 0 saturated carbocycles. The van der Waals surface area contributed by atoms with Crippen molar-refractivity contribution in [3.8, 4) is 0 Å². The molecule has 0 aromatic heterocycles. The van der Waals surface area contributed by atoms with Gasteiger partial charge in [-0.3, -0.25) is 0 Å². The highest BCUT2D eigenvalue weighted by Gasteiger charge is 2.30. The van der Waals surface area contributed by atoms with Crippen molar-refractivity contribution < 1.29 is 0 Å². The average Bonchev–Trinajstić information content (AvgIpc) is 3.30. The van der Waals surface area contributed by atoms with Gasteiger partial charge in [-0.25, -0.2) is 0 Å². The normalized spacial score (nSPS) is 25.7. The van der Waals surface area contributed by atoms with Gasteiger partial charge in [0, 0.05) is 32.5 Å². The monoisotopic (exact) mass is 526 g/mol. The number of hydrogen-bond donors (Lipinski definition) is 1. The number of thioether (sulfide) groups is 2. The van der Waals surface area contributed by atoms with Crippen LogP contribution in [0.2, 0.25) is 0 Å². The Morgan fingerprint density at radius 3 is 2.38 bits per heavy atom. The molecule has 37 heavy (non-hydrogen) atoms. The first-order valence-corrected chi connectivity index (χ1v) is 15.1. The molecule has 1 aromatic rings. The molecule has 2 nitrogen and oxygen atoms in total. The van der Waals surface area contributed by atoms with E-state index in [1.165, 1.54) is 32.5 Å². The highest BCUT2D eigenvalue weighted by molar-refractivity contribution is 8.04. The molecule has 4 heteroatoms. The van der Waals surface area contributed by atoms with E-state index in [-0.39, 0.29) is 0 Å². The smallest absolute Gasteiger partial charge is 0.0934 e. The fourth-order valence-corrected chi connectivity index (χ4v) is 7.21. The quantitative estimate of drug-likeness (QED) is 0.384. The van der Waals surface area contributed by atoms with Crippen molar-refractivity contribution >= 4 is 34.9 Å². The Balaban J connectivity index is 1.42. The van der Waals surface area contributed by atoms with E-state index in [1.807, 2.05) is 23.5 Å². The molecule has 1 unspecified atom stereocenters. The van der Waals surface area contributed by atoms with Gasteiger partial charge in [-0.15, -0.1) is 23.5 Å². The Labute approximate surface area is 231 Å². The van der Waals surface area contributed by atoms with Crippen LogP contribution in [0.25, 0.3) is 0 Å². The van der Waals surface area contributed by atoms with Crippen LogP contribution in [-0.2, 0) is 0 Å². The zero-order chi connectivity index (χ0) is 26.2. The van der Waals surface area contributed by atoms with Crippen LogP contribution in [0.4, 0.5) is 11.4 Å². The van der Waals surface area contributed by atoms with Crippen LogP contribution in [0.15, 0.2) is 111 Å². The first-order valence-electron chi connectivity index (χ1n) is 13.3. The maximum atomic E-state index is 3.62. The Morgan fingerprint density at radius 1 is 0.973 bits per heavy atom. The molecule has 0 amide bonds. The summed E-state index contributed by atoms with van der Waals surface area (Å²) in [4.78, 5) is 5.13. The molecule has 0 bridgehead atoms. The minimum atomic E-state index is 0.294. The topological polar surface area (TPSA) is 15.3 Å². The Morgan fingerprint density at radius 2 is 1.76 bits per heavy atom. The molecule has 0 fully saturated rings. The number of anilines is 2. The lowest BCUT2D eigenvalue weighted by Gasteiger charge is -2.34. The first kappa shape index (κ1) is 26.1. The number of nitrogens with one attached hydrogen (secondary N) is 1. The van der Waals surface area contributed by atoms with E-state index in [9.17, 15) is 0 Å². The fourth-order valence-electron chi connectivity index (χ4n) is 5.09. The first-order chi connectivity index (χ1) is 17.7. The molecule has 1 N–H and O–H groups in total. The van der Waals surface area contributed by atoms with Gasteiger partial charge in [0.1, 0.15) is 0 Å². The Kier molecular flexibility index (Phi) is 7.54. The molecule has 5 rings (SSSR count). The van der Waals surface area contributed by atoms with Crippen LogP contribution in [-0.4, -0.2) is 10.5 Å². The Hall–Kier alpha value is -2.52. The predicted molar refractivity (Wildman–Crippen MR) is 166 cm³/mol. The lowest BCUT2D eigenvalue weighted by atomic mass is 9.77. The zero-order valence-electron chi connectivity index (χ0n) is 22.8. The van der Waals surface area contributed by atoms with Crippen LogP contribution in [0.1, 0.15) is 54.4 Å². The summed E-state index contributed by atoms with van der Waals surface area (Å²) in [5.41, 5.74) is 11.1. The van der Waals surface area contributed by atoms with Crippen LogP contribution in [0.3, 0.4) is 0 Å². The third kappa shape index (κ3) is 5.82. The molecule has 0 saturated heterocycles. The van der Waals surface area contributed by atoms with Gasteiger partial charge in [0.25, 0.3) is 0 Å². The summed E-state index contributed by atoms with van der Waals surface area (Å²) < 4.78 is 0. The maximum absolute atomic E-state index is 3.62. The van der Waals surface area contributed by atoms with Crippen molar-refractivity contribution in [3.05, 3.63) is 111 Å². The zero-order valence-corrected chi connectivity index (χ0v) is 24.5. The molecule has 3 heterocycles. The van der Waals surface area contributed by atoms with E-state index < -0.39 is 0 Å².